The Balaban J connectivity index is 1.95. The Bertz CT molecular complexity index is 525. The second-order valence-electron chi connectivity index (χ2n) is 4.34. The molecule has 6 heteroatoms. The maximum Gasteiger partial charge on any atom is 0.227 e. The van der Waals surface area contributed by atoms with E-state index in [0.717, 1.165) is 10.0 Å². The number of hydrogen-bond acceptors (Lipinski definition) is 3. The van der Waals surface area contributed by atoms with E-state index in [4.69, 9.17) is 0 Å². The molecule has 1 aromatic rings. The standard InChI is InChI=1S/C12H14BrNO3S/c13-11-3-1-10(2-4-11)9-12(15)14-5-7-18(16,17)8-6-14/h1-4H,5-9H2. The summed E-state index contributed by atoms with van der Waals surface area (Å²) in [6.45, 7) is 0.634. The average Bonchev–Trinajstić information content (AvgIpc) is 2.32. The molecule has 2 rings (SSSR count). The molecule has 1 fully saturated rings. The molecule has 1 heterocycles. The third-order valence-corrected chi connectivity index (χ3v) is 5.10. The van der Waals surface area contributed by atoms with Gasteiger partial charge in [-0.2, -0.15) is 0 Å². The summed E-state index contributed by atoms with van der Waals surface area (Å²) in [4.78, 5) is 13.6. The second kappa shape index (κ2) is 5.40. The van der Waals surface area contributed by atoms with Gasteiger partial charge in [0.25, 0.3) is 0 Å². The van der Waals surface area contributed by atoms with Crippen LogP contribution in [-0.2, 0) is 21.1 Å². The number of sulfone groups is 1. The fourth-order valence-corrected chi connectivity index (χ4v) is 3.32. The number of amides is 1. The predicted molar refractivity (Wildman–Crippen MR) is 73.1 cm³/mol. The van der Waals surface area contributed by atoms with Crippen LogP contribution in [0.3, 0.4) is 0 Å². The highest BCUT2D eigenvalue weighted by molar-refractivity contribution is 9.10. The Labute approximate surface area is 115 Å². The van der Waals surface area contributed by atoms with Crippen molar-refractivity contribution in [1.82, 2.24) is 4.90 Å². The maximum atomic E-state index is 12.0. The minimum atomic E-state index is -2.93. The summed E-state index contributed by atoms with van der Waals surface area (Å²) in [5.41, 5.74) is 0.941. The van der Waals surface area contributed by atoms with Gasteiger partial charge in [-0.3, -0.25) is 4.79 Å². The van der Waals surface area contributed by atoms with Gasteiger partial charge in [0, 0.05) is 17.6 Å². The number of hydrogen-bond donors (Lipinski definition) is 0. The van der Waals surface area contributed by atoms with E-state index >= 15 is 0 Å². The van der Waals surface area contributed by atoms with E-state index in [9.17, 15) is 13.2 Å². The van der Waals surface area contributed by atoms with Crippen LogP contribution in [0.4, 0.5) is 0 Å². The van der Waals surface area contributed by atoms with Crippen LogP contribution < -0.4 is 0 Å². The molecule has 1 saturated heterocycles. The lowest BCUT2D eigenvalue weighted by atomic mass is 10.1. The molecule has 0 atom stereocenters. The molecule has 1 aliphatic heterocycles. The number of carbonyl (C=O) groups excluding carboxylic acids is 1. The van der Waals surface area contributed by atoms with Crippen molar-refractivity contribution in [3.63, 3.8) is 0 Å². The largest absolute Gasteiger partial charge is 0.340 e. The van der Waals surface area contributed by atoms with Gasteiger partial charge in [0.15, 0.2) is 9.84 Å². The first-order valence-electron chi connectivity index (χ1n) is 5.69. The molecule has 18 heavy (non-hydrogen) atoms. The smallest absolute Gasteiger partial charge is 0.227 e. The minimum absolute atomic E-state index is 0.00720. The molecule has 0 bridgehead atoms. The van der Waals surface area contributed by atoms with Crippen LogP contribution in [0.15, 0.2) is 28.7 Å². The Hall–Kier alpha value is -0.880. The lowest BCUT2D eigenvalue weighted by Crippen LogP contribution is -2.44. The van der Waals surface area contributed by atoms with Crippen molar-refractivity contribution in [2.45, 2.75) is 6.42 Å². The highest BCUT2D eigenvalue weighted by Crippen LogP contribution is 2.12. The predicted octanol–water partition coefficient (Wildman–Crippen LogP) is 1.25. The molecular formula is C12H14BrNO3S. The number of benzene rings is 1. The molecule has 98 valence electrons. The van der Waals surface area contributed by atoms with Crippen LogP contribution in [0.2, 0.25) is 0 Å². The number of carbonyl (C=O) groups is 1. The van der Waals surface area contributed by atoms with E-state index in [0.29, 0.717) is 19.5 Å². The molecule has 0 unspecified atom stereocenters. The summed E-state index contributed by atoms with van der Waals surface area (Å²) < 4.78 is 23.5. The third kappa shape index (κ3) is 3.55. The summed E-state index contributed by atoms with van der Waals surface area (Å²) in [5.74, 6) is 0.158. The summed E-state index contributed by atoms with van der Waals surface area (Å²) in [6, 6.07) is 7.57. The quantitative estimate of drug-likeness (QED) is 0.819. The molecule has 0 aromatic heterocycles. The van der Waals surface area contributed by atoms with E-state index < -0.39 is 9.84 Å². The van der Waals surface area contributed by atoms with Crippen molar-refractivity contribution in [1.29, 1.82) is 0 Å². The van der Waals surface area contributed by atoms with Crippen LogP contribution in [-0.4, -0.2) is 43.8 Å². The maximum absolute atomic E-state index is 12.0. The molecule has 1 amide bonds. The highest BCUT2D eigenvalue weighted by atomic mass is 79.9. The van der Waals surface area contributed by atoms with Gasteiger partial charge in [0.2, 0.25) is 5.91 Å². The van der Waals surface area contributed by atoms with Gasteiger partial charge in [0.05, 0.1) is 17.9 Å². The van der Waals surface area contributed by atoms with Crippen molar-refractivity contribution < 1.29 is 13.2 Å². The van der Waals surface area contributed by atoms with Crippen LogP contribution >= 0.6 is 15.9 Å². The molecule has 0 N–H and O–H groups in total. The van der Waals surface area contributed by atoms with Gasteiger partial charge in [0.1, 0.15) is 0 Å². The van der Waals surface area contributed by atoms with Crippen LogP contribution in [0.25, 0.3) is 0 Å². The van der Waals surface area contributed by atoms with Crippen molar-refractivity contribution in [3.8, 4) is 0 Å². The Kier molecular flexibility index (Phi) is 4.07. The molecule has 1 aliphatic rings. The second-order valence-corrected chi connectivity index (χ2v) is 7.56. The first-order chi connectivity index (χ1) is 8.46. The zero-order chi connectivity index (χ0) is 13.2. The zero-order valence-corrected chi connectivity index (χ0v) is 12.2. The zero-order valence-electron chi connectivity index (χ0n) is 9.80. The van der Waals surface area contributed by atoms with Crippen molar-refractivity contribution in [2.75, 3.05) is 24.6 Å². The summed E-state index contributed by atoms with van der Waals surface area (Å²) in [7, 11) is -2.93. The van der Waals surface area contributed by atoms with Crippen molar-refractivity contribution >= 4 is 31.7 Å². The number of halogens is 1. The molecule has 0 spiro atoms. The Morgan fingerprint density at radius 2 is 1.72 bits per heavy atom. The van der Waals surface area contributed by atoms with Gasteiger partial charge in [-0.05, 0) is 17.7 Å². The van der Waals surface area contributed by atoms with E-state index in [1.54, 1.807) is 4.90 Å². The highest BCUT2D eigenvalue weighted by Gasteiger charge is 2.24. The van der Waals surface area contributed by atoms with Crippen molar-refractivity contribution in [3.05, 3.63) is 34.3 Å². The molecule has 4 nitrogen and oxygen atoms in total. The van der Waals surface area contributed by atoms with Crippen LogP contribution in [0, 0.1) is 0 Å². The number of nitrogens with zero attached hydrogens (tertiary/aromatic N) is 1. The first kappa shape index (κ1) is 13.5. The average molecular weight is 332 g/mol. The first-order valence-corrected chi connectivity index (χ1v) is 8.30. The van der Waals surface area contributed by atoms with Crippen molar-refractivity contribution in [2.24, 2.45) is 0 Å². The van der Waals surface area contributed by atoms with E-state index in [2.05, 4.69) is 15.9 Å². The van der Waals surface area contributed by atoms with E-state index in [1.165, 1.54) is 0 Å². The monoisotopic (exact) mass is 331 g/mol. The fourth-order valence-electron chi connectivity index (χ4n) is 1.85. The summed E-state index contributed by atoms with van der Waals surface area (Å²) >= 11 is 3.34. The lowest BCUT2D eigenvalue weighted by Gasteiger charge is -2.26. The normalized spacial score (nSPS) is 18.6. The van der Waals surface area contributed by atoms with Crippen LogP contribution in [0.1, 0.15) is 5.56 Å². The number of rotatable bonds is 2. The molecule has 0 radical (unpaired) electrons. The topological polar surface area (TPSA) is 54.5 Å². The van der Waals surface area contributed by atoms with Gasteiger partial charge in [-0.1, -0.05) is 28.1 Å². The molecular weight excluding hydrogens is 318 g/mol. The van der Waals surface area contributed by atoms with Gasteiger partial charge in [-0.15, -0.1) is 0 Å². The molecule has 1 aromatic carbocycles. The van der Waals surface area contributed by atoms with E-state index in [-0.39, 0.29) is 17.4 Å². The summed E-state index contributed by atoms with van der Waals surface area (Å²) in [6.07, 6.45) is 0.327. The third-order valence-electron chi connectivity index (χ3n) is 2.97. The van der Waals surface area contributed by atoms with E-state index in [1.807, 2.05) is 24.3 Å². The van der Waals surface area contributed by atoms with Crippen LogP contribution in [0.5, 0.6) is 0 Å². The Morgan fingerprint density at radius 1 is 1.17 bits per heavy atom. The minimum Gasteiger partial charge on any atom is -0.340 e. The van der Waals surface area contributed by atoms with Gasteiger partial charge >= 0.3 is 0 Å². The molecule has 0 aliphatic carbocycles. The van der Waals surface area contributed by atoms with Gasteiger partial charge < -0.3 is 4.90 Å². The fraction of sp³-hybridized carbons (Fsp3) is 0.417. The SMILES string of the molecule is O=C(Cc1ccc(Br)cc1)N1CCS(=O)(=O)CC1. The Morgan fingerprint density at radius 3 is 2.28 bits per heavy atom. The molecule has 0 saturated carbocycles. The summed E-state index contributed by atoms with van der Waals surface area (Å²) in [5, 5.41) is 0. The lowest BCUT2D eigenvalue weighted by molar-refractivity contribution is -0.130. The van der Waals surface area contributed by atoms with Gasteiger partial charge in [-0.25, -0.2) is 8.42 Å².